The molecule has 0 atom stereocenters. The van der Waals surface area contributed by atoms with E-state index < -0.39 is 5.41 Å². The maximum Gasteiger partial charge on any atom is 0.255 e. The molecular formula is C27H21ClN8O. The molecule has 0 aliphatic rings. The largest absolute Gasteiger partial charge is 0.341 e. The zero-order valence-corrected chi connectivity index (χ0v) is 20.7. The lowest BCUT2D eigenvalue weighted by molar-refractivity contribution is 0.102. The van der Waals surface area contributed by atoms with Crippen LogP contribution in [0.15, 0.2) is 73.4 Å². The summed E-state index contributed by atoms with van der Waals surface area (Å²) >= 11 is 6.41. The molecule has 37 heavy (non-hydrogen) atoms. The first-order valence-corrected chi connectivity index (χ1v) is 11.7. The zero-order valence-electron chi connectivity index (χ0n) is 20.0. The van der Waals surface area contributed by atoms with Crippen LogP contribution in [0.3, 0.4) is 0 Å². The van der Waals surface area contributed by atoms with E-state index in [1.165, 1.54) is 6.33 Å². The zero-order chi connectivity index (χ0) is 26.0. The maximum absolute atomic E-state index is 13.0. The molecule has 2 aromatic carbocycles. The van der Waals surface area contributed by atoms with Gasteiger partial charge in [-0.1, -0.05) is 23.7 Å². The Balaban J connectivity index is 1.43. The number of hydrogen-bond donors (Lipinski definition) is 3. The number of pyridine rings is 1. The minimum atomic E-state index is -0.719. The predicted octanol–water partition coefficient (Wildman–Crippen LogP) is 5.87. The Bertz CT molecular complexity index is 1670. The number of fused-ring (bicyclic) bond motifs is 1. The van der Waals surface area contributed by atoms with Gasteiger partial charge in [0.2, 0.25) is 0 Å². The van der Waals surface area contributed by atoms with E-state index in [0.29, 0.717) is 44.6 Å². The monoisotopic (exact) mass is 508 g/mol. The van der Waals surface area contributed by atoms with E-state index in [1.807, 2.05) is 18.2 Å². The quantitative estimate of drug-likeness (QED) is 0.261. The summed E-state index contributed by atoms with van der Waals surface area (Å²) in [4.78, 5) is 33.4. The molecule has 3 heterocycles. The topological polar surface area (TPSA) is 132 Å². The molecule has 3 aromatic heterocycles. The SMILES string of the molecule is CC(C)(C#N)c1cccc(C(=O)Nc2cc(Nc3ncccc3-c3ncnc4nc[nH]c34)ccc2Cl)c1. The molecule has 0 saturated carbocycles. The van der Waals surface area contributed by atoms with Gasteiger partial charge in [-0.05, 0) is 61.9 Å². The Labute approximate surface area is 217 Å². The molecule has 0 spiro atoms. The van der Waals surface area contributed by atoms with Gasteiger partial charge >= 0.3 is 0 Å². The lowest BCUT2D eigenvalue weighted by Gasteiger charge is -2.17. The molecule has 9 nitrogen and oxygen atoms in total. The molecule has 10 heteroatoms. The first-order valence-electron chi connectivity index (χ1n) is 11.3. The van der Waals surface area contributed by atoms with Crippen LogP contribution in [0, 0.1) is 11.3 Å². The van der Waals surface area contributed by atoms with E-state index in [9.17, 15) is 10.1 Å². The van der Waals surface area contributed by atoms with Crippen LogP contribution >= 0.6 is 11.6 Å². The number of carbonyl (C=O) groups is 1. The molecule has 5 rings (SSSR count). The smallest absolute Gasteiger partial charge is 0.255 e. The van der Waals surface area contributed by atoms with Crippen LogP contribution in [0.5, 0.6) is 0 Å². The van der Waals surface area contributed by atoms with E-state index >= 15 is 0 Å². The van der Waals surface area contributed by atoms with Crippen molar-refractivity contribution >= 4 is 45.9 Å². The third-order valence-electron chi connectivity index (χ3n) is 5.89. The number of halogens is 1. The number of amides is 1. The fraction of sp³-hybridized carbons (Fsp3) is 0.111. The number of benzene rings is 2. The van der Waals surface area contributed by atoms with Crippen molar-refractivity contribution in [3.05, 3.63) is 89.6 Å². The Morgan fingerprint density at radius 1 is 1.05 bits per heavy atom. The number of H-pyrrole nitrogens is 1. The Morgan fingerprint density at radius 2 is 1.92 bits per heavy atom. The van der Waals surface area contributed by atoms with E-state index in [4.69, 9.17) is 11.6 Å². The van der Waals surface area contributed by atoms with Crippen LogP contribution in [0.25, 0.3) is 22.4 Å². The van der Waals surface area contributed by atoms with Crippen LogP contribution in [0.4, 0.5) is 17.2 Å². The van der Waals surface area contributed by atoms with Gasteiger partial charge in [0.05, 0.1) is 28.5 Å². The molecule has 0 saturated heterocycles. The van der Waals surface area contributed by atoms with Crippen LogP contribution in [0.1, 0.15) is 29.8 Å². The van der Waals surface area contributed by atoms with E-state index in [2.05, 4.69) is 41.6 Å². The number of nitrogens with one attached hydrogen (secondary N) is 3. The van der Waals surface area contributed by atoms with Gasteiger partial charge in [-0.2, -0.15) is 5.26 Å². The van der Waals surface area contributed by atoms with Crippen molar-refractivity contribution < 1.29 is 4.79 Å². The highest BCUT2D eigenvalue weighted by Crippen LogP contribution is 2.33. The van der Waals surface area contributed by atoms with Gasteiger partial charge in [-0.25, -0.2) is 19.9 Å². The number of carbonyl (C=O) groups excluding carboxylic acids is 1. The standard InChI is InChI=1S/C27H21ClN8O/c1-27(2,13-29)17-6-3-5-16(11-17)26(37)36-21-12-18(8-9-20(21)28)35-24-19(7-4-10-30-24)22-23-25(33-14-31-22)34-15-32-23/h3-12,14-15H,1-2H3,(H,30,35)(H,36,37)(H,31,32,33,34). The fourth-order valence-electron chi connectivity index (χ4n) is 3.81. The molecule has 0 radical (unpaired) electrons. The van der Waals surface area contributed by atoms with Gasteiger partial charge in [0, 0.05) is 23.0 Å². The normalized spacial score (nSPS) is 11.2. The lowest BCUT2D eigenvalue weighted by atomic mass is 9.85. The minimum Gasteiger partial charge on any atom is -0.341 e. The first kappa shape index (κ1) is 23.9. The Kier molecular flexibility index (Phi) is 6.26. The van der Waals surface area contributed by atoms with Gasteiger partial charge in [0.25, 0.3) is 5.91 Å². The number of nitriles is 1. The van der Waals surface area contributed by atoms with Crippen LogP contribution < -0.4 is 10.6 Å². The number of hydrogen-bond acceptors (Lipinski definition) is 7. The van der Waals surface area contributed by atoms with Crippen molar-refractivity contribution in [2.24, 2.45) is 0 Å². The van der Waals surface area contributed by atoms with Crippen molar-refractivity contribution in [3.8, 4) is 17.3 Å². The second-order valence-electron chi connectivity index (χ2n) is 8.81. The van der Waals surface area contributed by atoms with Crippen LogP contribution in [-0.4, -0.2) is 30.8 Å². The Morgan fingerprint density at radius 3 is 2.76 bits per heavy atom. The van der Waals surface area contributed by atoms with Gasteiger partial charge in [-0.3, -0.25) is 4.79 Å². The van der Waals surface area contributed by atoms with E-state index in [0.717, 1.165) is 11.1 Å². The number of rotatable bonds is 6. The second-order valence-corrected chi connectivity index (χ2v) is 9.22. The highest BCUT2D eigenvalue weighted by atomic mass is 35.5. The number of aromatic amines is 1. The summed E-state index contributed by atoms with van der Waals surface area (Å²) in [6, 6.07) is 18.2. The molecule has 0 aliphatic carbocycles. The molecular weight excluding hydrogens is 488 g/mol. The van der Waals surface area contributed by atoms with Crippen molar-refractivity contribution in [1.82, 2.24) is 24.9 Å². The predicted molar refractivity (Wildman–Crippen MR) is 143 cm³/mol. The summed E-state index contributed by atoms with van der Waals surface area (Å²) in [6.45, 7) is 3.61. The first-order chi connectivity index (χ1) is 17.9. The van der Waals surface area contributed by atoms with Gasteiger partial charge in [-0.15, -0.1) is 0 Å². The number of nitrogens with zero attached hydrogens (tertiary/aromatic N) is 5. The van der Waals surface area contributed by atoms with Gasteiger partial charge in [0.15, 0.2) is 5.65 Å². The lowest BCUT2D eigenvalue weighted by Crippen LogP contribution is -2.17. The maximum atomic E-state index is 13.0. The van der Waals surface area contributed by atoms with Gasteiger partial charge in [0.1, 0.15) is 23.4 Å². The molecule has 1 amide bonds. The van der Waals surface area contributed by atoms with Crippen molar-refractivity contribution in [2.75, 3.05) is 10.6 Å². The third kappa shape index (κ3) is 4.83. The summed E-state index contributed by atoms with van der Waals surface area (Å²) in [5.41, 5.74) is 4.20. The Hall–Kier alpha value is -4.81. The molecule has 0 bridgehead atoms. The number of aromatic nitrogens is 5. The molecule has 5 aromatic rings. The van der Waals surface area contributed by atoms with Crippen molar-refractivity contribution in [2.45, 2.75) is 19.3 Å². The van der Waals surface area contributed by atoms with E-state index in [-0.39, 0.29) is 5.91 Å². The summed E-state index contributed by atoms with van der Waals surface area (Å²) in [6.07, 6.45) is 4.70. The average molecular weight is 509 g/mol. The molecule has 0 aliphatic heterocycles. The summed E-state index contributed by atoms with van der Waals surface area (Å²) in [7, 11) is 0. The third-order valence-corrected chi connectivity index (χ3v) is 6.22. The fourth-order valence-corrected chi connectivity index (χ4v) is 3.97. The summed E-state index contributed by atoms with van der Waals surface area (Å²) in [5, 5.41) is 16.0. The molecule has 0 unspecified atom stereocenters. The van der Waals surface area contributed by atoms with Crippen molar-refractivity contribution in [1.29, 1.82) is 5.26 Å². The molecule has 3 N–H and O–H groups in total. The number of anilines is 3. The van der Waals surface area contributed by atoms with Crippen LogP contribution in [0.2, 0.25) is 5.02 Å². The molecule has 182 valence electrons. The number of imidazole rings is 1. The second kappa shape index (κ2) is 9.68. The highest BCUT2D eigenvalue weighted by Gasteiger charge is 2.21. The highest BCUT2D eigenvalue weighted by molar-refractivity contribution is 6.34. The minimum absolute atomic E-state index is 0.337. The average Bonchev–Trinajstić information content (AvgIpc) is 3.40. The van der Waals surface area contributed by atoms with Gasteiger partial charge < -0.3 is 15.6 Å². The summed E-state index contributed by atoms with van der Waals surface area (Å²) in [5.74, 6) is 0.221. The van der Waals surface area contributed by atoms with Crippen LogP contribution in [-0.2, 0) is 5.41 Å². The van der Waals surface area contributed by atoms with E-state index in [1.54, 1.807) is 62.8 Å². The summed E-state index contributed by atoms with van der Waals surface area (Å²) < 4.78 is 0. The van der Waals surface area contributed by atoms with Crippen molar-refractivity contribution in [3.63, 3.8) is 0 Å². The molecule has 0 fully saturated rings.